The van der Waals surface area contributed by atoms with Gasteiger partial charge >= 0.3 is 0 Å². The fourth-order valence-electron chi connectivity index (χ4n) is 2.11. The standard InChI is InChI=1S/C18H13Cl2NO3/c19-14-7-4-8-15(16(14)20)21-18(22)17-12(9-10-23-17)11-24-13-5-2-1-3-6-13/h1-10H,11H2,(H,21,22). The molecule has 0 aliphatic heterocycles. The number of nitrogens with one attached hydrogen (secondary N) is 1. The third-order valence-electron chi connectivity index (χ3n) is 3.29. The van der Waals surface area contributed by atoms with Crippen molar-refractivity contribution in [3.8, 4) is 5.75 Å². The van der Waals surface area contributed by atoms with Crippen molar-refractivity contribution in [3.05, 3.63) is 82.2 Å². The molecule has 6 heteroatoms. The number of ether oxygens (including phenoxy) is 1. The maximum atomic E-state index is 12.4. The van der Waals surface area contributed by atoms with Crippen LogP contribution in [0.2, 0.25) is 10.0 Å². The molecule has 122 valence electrons. The van der Waals surface area contributed by atoms with E-state index in [9.17, 15) is 4.79 Å². The third kappa shape index (κ3) is 3.72. The lowest BCUT2D eigenvalue weighted by molar-refractivity contribution is 0.0993. The highest BCUT2D eigenvalue weighted by atomic mass is 35.5. The summed E-state index contributed by atoms with van der Waals surface area (Å²) in [7, 11) is 0. The molecule has 1 aromatic heterocycles. The van der Waals surface area contributed by atoms with Crippen molar-refractivity contribution in [3.63, 3.8) is 0 Å². The van der Waals surface area contributed by atoms with Crippen LogP contribution < -0.4 is 10.1 Å². The zero-order chi connectivity index (χ0) is 16.9. The molecule has 0 fully saturated rings. The van der Waals surface area contributed by atoms with Crippen LogP contribution in [-0.4, -0.2) is 5.91 Å². The van der Waals surface area contributed by atoms with Crippen LogP contribution in [-0.2, 0) is 6.61 Å². The Balaban J connectivity index is 1.72. The van der Waals surface area contributed by atoms with Crippen molar-refractivity contribution in [1.29, 1.82) is 0 Å². The average Bonchev–Trinajstić information content (AvgIpc) is 3.07. The maximum absolute atomic E-state index is 12.4. The minimum absolute atomic E-state index is 0.168. The van der Waals surface area contributed by atoms with Crippen molar-refractivity contribution in [1.82, 2.24) is 0 Å². The lowest BCUT2D eigenvalue weighted by Crippen LogP contribution is -2.14. The highest BCUT2D eigenvalue weighted by Crippen LogP contribution is 2.30. The molecule has 4 nitrogen and oxygen atoms in total. The van der Waals surface area contributed by atoms with E-state index in [1.165, 1.54) is 6.26 Å². The summed E-state index contributed by atoms with van der Waals surface area (Å²) in [6.45, 7) is 0.215. The van der Waals surface area contributed by atoms with Crippen LogP contribution in [0.4, 0.5) is 5.69 Å². The van der Waals surface area contributed by atoms with Crippen molar-refractivity contribution in [2.75, 3.05) is 5.32 Å². The number of hydrogen-bond acceptors (Lipinski definition) is 3. The number of furan rings is 1. The topological polar surface area (TPSA) is 51.5 Å². The summed E-state index contributed by atoms with van der Waals surface area (Å²) >= 11 is 12.0. The summed E-state index contributed by atoms with van der Waals surface area (Å²) in [5, 5.41) is 3.33. The van der Waals surface area contributed by atoms with Gasteiger partial charge in [-0.15, -0.1) is 0 Å². The van der Waals surface area contributed by atoms with Gasteiger partial charge in [-0.3, -0.25) is 4.79 Å². The van der Waals surface area contributed by atoms with Crippen molar-refractivity contribution in [2.45, 2.75) is 6.61 Å². The molecule has 3 rings (SSSR count). The van der Waals surface area contributed by atoms with Gasteiger partial charge in [-0.1, -0.05) is 47.5 Å². The Morgan fingerprint density at radius 1 is 1.04 bits per heavy atom. The number of rotatable bonds is 5. The molecule has 0 radical (unpaired) electrons. The summed E-state index contributed by atoms with van der Waals surface area (Å²) in [5.41, 5.74) is 1.05. The predicted molar refractivity (Wildman–Crippen MR) is 93.9 cm³/mol. The second-order valence-electron chi connectivity index (χ2n) is 4.93. The largest absolute Gasteiger partial charge is 0.489 e. The Morgan fingerprint density at radius 3 is 2.62 bits per heavy atom. The lowest BCUT2D eigenvalue weighted by atomic mass is 10.2. The average molecular weight is 362 g/mol. The molecule has 0 saturated heterocycles. The third-order valence-corrected chi connectivity index (χ3v) is 4.11. The summed E-state index contributed by atoms with van der Waals surface area (Å²) in [6, 6.07) is 16.0. The van der Waals surface area contributed by atoms with Crippen LogP contribution in [0, 0.1) is 0 Å². The first kappa shape index (κ1) is 16.4. The van der Waals surface area contributed by atoms with E-state index in [0.717, 1.165) is 0 Å². The summed E-state index contributed by atoms with van der Waals surface area (Å²) < 4.78 is 10.9. The van der Waals surface area contributed by atoms with Gasteiger partial charge in [0.2, 0.25) is 0 Å². The first-order valence-electron chi connectivity index (χ1n) is 7.14. The molecule has 0 spiro atoms. The predicted octanol–water partition coefficient (Wildman–Crippen LogP) is 5.42. The summed E-state index contributed by atoms with van der Waals surface area (Å²) in [5.74, 6) is 0.459. The molecule has 24 heavy (non-hydrogen) atoms. The van der Waals surface area contributed by atoms with Gasteiger partial charge in [0.15, 0.2) is 5.76 Å². The van der Waals surface area contributed by atoms with Gasteiger partial charge in [0.05, 0.1) is 22.0 Å². The van der Waals surface area contributed by atoms with E-state index in [4.69, 9.17) is 32.4 Å². The number of carbonyl (C=O) groups is 1. The van der Waals surface area contributed by atoms with Gasteiger partial charge in [-0.2, -0.15) is 0 Å². The maximum Gasteiger partial charge on any atom is 0.291 e. The molecule has 3 aromatic rings. The quantitative estimate of drug-likeness (QED) is 0.660. The number of amides is 1. The highest BCUT2D eigenvalue weighted by Gasteiger charge is 2.17. The van der Waals surface area contributed by atoms with Gasteiger partial charge < -0.3 is 14.5 Å². The van der Waals surface area contributed by atoms with Gasteiger partial charge in [0, 0.05) is 5.56 Å². The Hall–Kier alpha value is -2.43. The van der Waals surface area contributed by atoms with Crippen LogP contribution in [0.15, 0.2) is 65.3 Å². The van der Waals surface area contributed by atoms with E-state index in [2.05, 4.69) is 5.32 Å². The van der Waals surface area contributed by atoms with E-state index in [-0.39, 0.29) is 17.4 Å². The molecule has 1 amide bonds. The molecule has 0 aliphatic carbocycles. The van der Waals surface area contributed by atoms with Gasteiger partial charge in [-0.05, 0) is 30.3 Å². The molecule has 1 N–H and O–H groups in total. The van der Waals surface area contributed by atoms with E-state index < -0.39 is 5.91 Å². The molecule has 2 aromatic carbocycles. The van der Waals surface area contributed by atoms with Crippen molar-refractivity contribution >= 4 is 34.8 Å². The normalized spacial score (nSPS) is 10.4. The number of halogens is 2. The molecule has 1 heterocycles. The summed E-state index contributed by atoms with van der Waals surface area (Å²) in [6.07, 6.45) is 1.44. The first-order valence-corrected chi connectivity index (χ1v) is 7.90. The van der Waals surface area contributed by atoms with Crippen molar-refractivity contribution < 1.29 is 13.9 Å². The monoisotopic (exact) mass is 361 g/mol. The molecule has 0 unspecified atom stereocenters. The fraction of sp³-hybridized carbons (Fsp3) is 0.0556. The first-order chi connectivity index (χ1) is 11.6. The van der Waals surface area contributed by atoms with Crippen LogP contribution in [0.3, 0.4) is 0 Å². The van der Waals surface area contributed by atoms with E-state index in [1.807, 2.05) is 30.3 Å². The van der Waals surface area contributed by atoms with Gasteiger partial charge in [-0.25, -0.2) is 0 Å². The highest BCUT2D eigenvalue weighted by molar-refractivity contribution is 6.44. The number of para-hydroxylation sites is 1. The number of anilines is 1. The van der Waals surface area contributed by atoms with Crippen LogP contribution in [0.1, 0.15) is 16.1 Å². The van der Waals surface area contributed by atoms with Crippen LogP contribution >= 0.6 is 23.2 Å². The smallest absolute Gasteiger partial charge is 0.291 e. The van der Waals surface area contributed by atoms with Crippen molar-refractivity contribution in [2.24, 2.45) is 0 Å². The molecule has 0 saturated carbocycles. The Morgan fingerprint density at radius 2 is 1.83 bits per heavy atom. The van der Waals surface area contributed by atoms with Crippen LogP contribution in [0.5, 0.6) is 5.75 Å². The minimum atomic E-state index is -0.421. The van der Waals surface area contributed by atoms with E-state index >= 15 is 0 Å². The number of benzene rings is 2. The van der Waals surface area contributed by atoms with Crippen LogP contribution in [0.25, 0.3) is 0 Å². The van der Waals surface area contributed by atoms with E-state index in [1.54, 1.807) is 24.3 Å². The second-order valence-corrected chi connectivity index (χ2v) is 5.72. The zero-order valence-corrected chi connectivity index (χ0v) is 14.0. The van der Waals surface area contributed by atoms with Gasteiger partial charge in [0.1, 0.15) is 12.4 Å². The molecule has 0 bridgehead atoms. The zero-order valence-electron chi connectivity index (χ0n) is 12.5. The second kappa shape index (κ2) is 7.43. The Labute approximate surface area is 149 Å². The number of carbonyl (C=O) groups excluding carboxylic acids is 1. The van der Waals surface area contributed by atoms with Gasteiger partial charge in [0.25, 0.3) is 5.91 Å². The Bertz CT molecular complexity index is 846. The lowest BCUT2D eigenvalue weighted by Gasteiger charge is -2.09. The molecule has 0 aliphatic rings. The molecular weight excluding hydrogens is 349 g/mol. The van der Waals surface area contributed by atoms with E-state index in [0.29, 0.717) is 22.0 Å². The number of hydrogen-bond donors (Lipinski definition) is 1. The molecule has 0 atom stereocenters. The SMILES string of the molecule is O=C(Nc1cccc(Cl)c1Cl)c1occc1COc1ccccc1. The molecular formula is C18H13Cl2NO3. The fourth-order valence-corrected chi connectivity index (χ4v) is 2.45. The minimum Gasteiger partial charge on any atom is -0.489 e. The summed E-state index contributed by atoms with van der Waals surface area (Å²) in [4.78, 5) is 12.4. The Kier molecular flexibility index (Phi) is 5.08.